The van der Waals surface area contributed by atoms with Crippen LogP contribution in [0.3, 0.4) is 0 Å². The third-order valence-electron chi connectivity index (χ3n) is 2.51. The van der Waals surface area contributed by atoms with Crippen LogP contribution >= 0.6 is 38.6 Å². The van der Waals surface area contributed by atoms with Crippen molar-refractivity contribution in [1.82, 2.24) is 9.97 Å². The molecule has 0 N–H and O–H groups in total. The fourth-order valence-electron chi connectivity index (χ4n) is 1.64. The van der Waals surface area contributed by atoms with Gasteiger partial charge < -0.3 is 0 Å². The van der Waals surface area contributed by atoms with E-state index in [1.54, 1.807) is 28.9 Å². The lowest BCUT2D eigenvalue weighted by molar-refractivity contribution is 1.42. The van der Waals surface area contributed by atoms with Gasteiger partial charge in [-0.2, -0.15) is 0 Å². The van der Waals surface area contributed by atoms with E-state index in [2.05, 4.69) is 48.8 Å². The molecule has 0 aromatic carbocycles. The molecular weight excluding hydrogens is 340 g/mol. The first-order valence-corrected chi connectivity index (χ1v) is 8.16. The first-order chi connectivity index (χ1) is 9.34. The van der Waals surface area contributed by atoms with Crippen molar-refractivity contribution >= 4 is 59.0 Å². The van der Waals surface area contributed by atoms with E-state index in [-0.39, 0.29) is 0 Å². The third kappa shape index (κ3) is 2.83. The lowest BCUT2D eigenvalue weighted by atomic mass is 10.4. The van der Waals surface area contributed by atoms with Gasteiger partial charge in [0.15, 0.2) is 0 Å². The van der Waals surface area contributed by atoms with Crippen molar-refractivity contribution in [2.24, 2.45) is 0 Å². The van der Waals surface area contributed by atoms with Gasteiger partial charge in [0, 0.05) is 17.8 Å². The van der Waals surface area contributed by atoms with Crippen LogP contribution in [0.2, 0.25) is 0 Å². The lowest BCUT2D eigenvalue weighted by Crippen LogP contribution is -1.68. The van der Waals surface area contributed by atoms with E-state index in [1.807, 2.05) is 24.4 Å². The second-order valence-corrected chi connectivity index (χ2v) is 6.45. The molecule has 4 heterocycles. The summed E-state index contributed by atoms with van der Waals surface area (Å²) in [5, 5.41) is 4.11. The Bertz CT molecular complexity index is 777. The molecule has 4 aromatic rings. The van der Waals surface area contributed by atoms with Gasteiger partial charge in [-0.05, 0) is 51.6 Å². The highest BCUT2D eigenvalue weighted by Crippen LogP contribution is 2.27. The van der Waals surface area contributed by atoms with Crippen LogP contribution in [0.4, 0.5) is 0 Å². The molecule has 0 amide bonds. The molecule has 0 aliphatic rings. The van der Waals surface area contributed by atoms with E-state index in [9.17, 15) is 0 Å². The van der Waals surface area contributed by atoms with Crippen LogP contribution < -0.4 is 0 Å². The fourth-order valence-corrected chi connectivity index (χ4v) is 3.88. The number of thiophene rings is 2. The molecule has 4 rings (SSSR count). The molecule has 5 heteroatoms. The zero-order chi connectivity index (χ0) is 13.1. The summed E-state index contributed by atoms with van der Waals surface area (Å²) in [6.07, 6.45) is 3.62. The molecule has 0 aliphatic carbocycles. The zero-order valence-corrected chi connectivity index (χ0v) is 13.0. The average molecular weight is 349 g/mol. The molecule has 0 fully saturated rings. The number of aromatic nitrogens is 2. The van der Waals surface area contributed by atoms with Crippen molar-refractivity contribution in [3.05, 3.63) is 58.0 Å². The minimum Gasteiger partial charge on any atom is -0.255 e. The summed E-state index contributed by atoms with van der Waals surface area (Å²) in [6, 6.07) is 10.1. The molecule has 4 aromatic heterocycles. The summed E-state index contributed by atoms with van der Waals surface area (Å²) in [6.45, 7) is 0. The molecule has 2 nitrogen and oxygen atoms in total. The number of hydrogen-bond donors (Lipinski definition) is 0. The van der Waals surface area contributed by atoms with Crippen LogP contribution in [0, 0.1) is 0 Å². The summed E-state index contributed by atoms with van der Waals surface area (Å²) in [7, 11) is 0. The molecule has 0 spiro atoms. The Hall–Kier alpha value is -1.30. The number of nitrogens with zero attached hydrogens (tertiary/aromatic N) is 2. The van der Waals surface area contributed by atoms with Crippen LogP contribution in [-0.4, -0.2) is 9.97 Å². The summed E-state index contributed by atoms with van der Waals surface area (Å²) < 4.78 is 3.58. The maximum atomic E-state index is 4.20. The first kappa shape index (κ1) is 12.7. The molecule has 0 aliphatic heterocycles. The minimum absolute atomic E-state index is 1.06. The van der Waals surface area contributed by atoms with Gasteiger partial charge in [-0.25, -0.2) is 0 Å². The monoisotopic (exact) mass is 348 g/mol. The number of rotatable bonds is 0. The summed E-state index contributed by atoms with van der Waals surface area (Å²) in [5.74, 6) is 0. The Kier molecular flexibility index (Phi) is 3.87. The number of halogens is 1. The Morgan fingerprint density at radius 2 is 1.68 bits per heavy atom. The lowest BCUT2D eigenvalue weighted by Gasteiger charge is -1.84. The van der Waals surface area contributed by atoms with Crippen LogP contribution in [0.25, 0.3) is 20.4 Å². The van der Waals surface area contributed by atoms with Gasteiger partial charge in [-0.15, -0.1) is 22.7 Å². The first-order valence-electron chi connectivity index (χ1n) is 5.60. The van der Waals surface area contributed by atoms with E-state index in [1.165, 1.54) is 9.40 Å². The van der Waals surface area contributed by atoms with Crippen molar-refractivity contribution in [1.29, 1.82) is 0 Å². The molecule has 0 saturated carbocycles. The molecule has 0 bridgehead atoms. The molecule has 0 atom stereocenters. The topological polar surface area (TPSA) is 25.8 Å². The van der Waals surface area contributed by atoms with E-state index < -0.39 is 0 Å². The van der Waals surface area contributed by atoms with Gasteiger partial charge in [-0.3, -0.25) is 9.97 Å². The summed E-state index contributed by atoms with van der Waals surface area (Å²) in [4.78, 5) is 8.36. The van der Waals surface area contributed by atoms with Crippen LogP contribution in [0.1, 0.15) is 0 Å². The van der Waals surface area contributed by atoms with Gasteiger partial charge in [-0.1, -0.05) is 0 Å². The van der Waals surface area contributed by atoms with E-state index in [4.69, 9.17) is 0 Å². The second-order valence-electron chi connectivity index (χ2n) is 3.74. The van der Waals surface area contributed by atoms with Gasteiger partial charge in [0.05, 0.1) is 24.9 Å². The third-order valence-corrected chi connectivity index (χ3v) is 5.22. The van der Waals surface area contributed by atoms with E-state index in [0.717, 1.165) is 15.5 Å². The fraction of sp³-hybridized carbons (Fsp3) is 0. The molecular formula is C14H9BrN2S2. The number of pyridine rings is 2. The Morgan fingerprint density at radius 1 is 0.895 bits per heavy atom. The number of fused-ring (bicyclic) bond motifs is 2. The number of hydrogen-bond acceptors (Lipinski definition) is 4. The van der Waals surface area contributed by atoms with Crippen LogP contribution in [0.15, 0.2) is 58.0 Å². The largest absolute Gasteiger partial charge is 0.255 e. The van der Waals surface area contributed by atoms with Crippen molar-refractivity contribution in [3.63, 3.8) is 0 Å². The molecule has 94 valence electrons. The molecule has 19 heavy (non-hydrogen) atoms. The zero-order valence-electron chi connectivity index (χ0n) is 9.79. The predicted octanol–water partition coefficient (Wildman–Crippen LogP) is 5.36. The highest BCUT2D eigenvalue weighted by Gasteiger charge is 1.98. The van der Waals surface area contributed by atoms with Gasteiger partial charge in [0.25, 0.3) is 0 Å². The Balaban J connectivity index is 0.000000117. The maximum Gasteiger partial charge on any atom is 0.0951 e. The summed E-state index contributed by atoms with van der Waals surface area (Å²) in [5.41, 5.74) is 2.16. The molecule has 0 unspecified atom stereocenters. The standard InChI is InChI=1S/C7H4BrNS.C7H5NS/c8-5-4-10-6-2-1-3-9-7(5)6;1-2-7-6(8-4-1)3-5-9-7/h1-4H;1-5H. The van der Waals surface area contributed by atoms with Crippen LogP contribution in [-0.2, 0) is 0 Å². The normalized spacial score (nSPS) is 10.4. The quantitative estimate of drug-likeness (QED) is 0.427. The van der Waals surface area contributed by atoms with Crippen LogP contribution in [0.5, 0.6) is 0 Å². The SMILES string of the molecule is Brc1csc2cccnc12.c1cnc2ccsc2c1. The second kappa shape index (κ2) is 5.77. The molecule has 0 radical (unpaired) electrons. The summed E-state index contributed by atoms with van der Waals surface area (Å²) >= 11 is 6.84. The molecule has 0 saturated heterocycles. The highest BCUT2D eigenvalue weighted by molar-refractivity contribution is 9.10. The van der Waals surface area contributed by atoms with Gasteiger partial charge in [0.2, 0.25) is 0 Å². The van der Waals surface area contributed by atoms with Crippen molar-refractivity contribution in [2.45, 2.75) is 0 Å². The highest BCUT2D eigenvalue weighted by atomic mass is 79.9. The van der Waals surface area contributed by atoms with Crippen molar-refractivity contribution in [3.8, 4) is 0 Å². The maximum absolute atomic E-state index is 4.20. The van der Waals surface area contributed by atoms with E-state index >= 15 is 0 Å². The van der Waals surface area contributed by atoms with Gasteiger partial charge >= 0.3 is 0 Å². The van der Waals surface area contributed by atoms with E-state index in [0.29, 0.717) is 0 Å². The van der Waals surface area contributed by atoms with Crippen molar-refractivity contribution < 1.29 is 0 Å². The predicted molar refractivity (Wildman–Crippen MR) is 86.9 cm³/mol. The Labute approximate surface area is 126 Å². The average Bonchev–Trinajstić information content (AvgIpc) is 3.07. The van der Waals surface area contributed by atoms with Crippen molar-refractivity contribution in [2.75, 3.05) is 0 Å². The smallest absolute Gasteiger partial charge is 0.0951 e. The minimum atomic E-state index is 1.06. The van der Waals surface area contributed by atoms with Gasteiger partial charge in [0.1, 0.15) is 0 Å². The Morgan fingerprint density at radius 3 is 2.47 bits per heavy atom.